The molecule has 0 saturated carbocycles. The third-order valence-electron chi connectivity index (χ3n) is 4.61. The normalized spacial score (nSPS) is 22.1. The summed E-state index contributed by atoms with van der Waals surface area (Å²) >= 11 is 1.25. The second-order valence-corrected chi connectivity index (χ2v) is 10.2. The van der Waals surface area contributed by atoms with E-state index in [1.165, 1.54) is 53.1 Å². The van der Waals surface area contributed by atoms with Gasteiger partial charge in [0.2, 0.25) is 5.91 Å². The number of fused-ring (bicyclic) bond motifs is 1. The fourth-order valence-electron chi connectivity index (χ4n) is 3.27. The molecule has 2 aromatic rings. The number of hydrogen-bond acceptors (Lipinski definition) is 6. The van der Waals surface area contributed by atoms with Crippen molar-refractivity contribution in [3.05, 3.63) is 60.2 Å². The number of aliphatic imine (C=N–C) groups is 1. The van der Waals surface area contributed by atoms with Gasteiger partial charge in [0, 0.05) is 10.9 Å². The van der Waals surface area contributed by atoms with Crippen LogP contribution in [0.4, 0.5) is 20.2 Å². The van der Waals surface area contributed by atoms with Crippen molar-refractivity contribution in [2.24, 2.45) is 4.99 Å². The van der Waals surface area contributed by atoms with Crippen LogP contribution in [0.15, 0.2) is 53.5 Å². The summed E-state index contributed by atoms with van der Waals surface area (Å²) in [5.74, 6) is -1.40. The Labute approximate surface area is 170 Å². The molecule has 10 heteroatoms. The molecule has 0 unspecified atom stereocenters. The van der Waals surface area contributed by atoms with Crippen molar-refractivity contribution in [1.82, 2.24) is 0 Å². The Hall–Kier alpha value is -2.46. The Morgan fingerprint density at radius 1 is 1.14 bits per heavy atom. The number of carbonyl (C=O) groups excluding carboxylic acids is 1. The number of amidine groups is 1. The monoisotopic (exact) mass is 437 g/mol. The third-order valence-corrected chi connectivity index (χ3v) is 7.86. The van der Waals surface area contributed by atoms with Crippen molar-refractivity contribution in [1.29, 1.82) is 0 Å². The highest BCUT2D eigenvalue weighted by atomic mass is 32.2. The SMILES string of the molecule is O=C(CN(C1=N[C@H]2CS(=O)(=O)C[C@H]2S1)c1ccccc1F)Nc1ccc(F)cc1. The maximum absolute atomic E-state index is 14.5. The van der Waals surface area contributed by atoms with Crippen LogP contribution in [0, 0.1) is 11.6 Å². The van der Waals surface area contributed by atoms with E-state index < -0.39 is 33.4 Å². The highest BCUT2D eigenvalue weighted by Crippen LogP contribution is 2.37. The van der Waals surface area contributed by atoms with Gasteiger partial charge in [-0.2, -0.15) is 0 Å². The average Bonchev–Trinajstić information content (AvgIpc) is 3.16. The molecular formula is C19H17F2N3O3S2. The lowest BCUT2D eigenvalue weighted by Gasteiger charge is -2.24. The van der Waals surface area contributed by atoms with Gasteiger partial charge >= 0.3 is 0 Å². The minimum absolute atomic E-state index is 0.0161. The van der Waals surface area contributed by atoms with Crippen molar-refractivity contribution in [2.45, 2.75) is 11.3 Å². The van der Waals surface area contributed by atoms with Crippen LogP contribution < -0.4 is 10.2 Å². The zero-order valence-electron chi connectivity index (χ0n) is 15.1. The molecule has 29 heavy (non-hydrogen) atoms. The van der Waals surface area contributed by atoms with E-state index in [0.29, 0.717) is 10.9 Å². The molecule has 0 aliphatic carbocycles. The second kappa shape index (κ2) is 7.75. The molecular weight excluding hydrogens is 420 g/mol. The summed E-state index contributed by atoms with van der Waals surface area (Å²) in [6, 6.07) is 10.9. The standard InChI is InChI=1S/C19H17F2N3O3S2/c20-12-5-7-13(8-6-12)22-18(25)9-24(16-4-2-1-3-14(16)21)19-23-15-10-29(26,27)11-17(15)28-19/h1-8,15,17H,9-11H2,(H,22,25)/t15-,17+/m0/s1. The summed E-state index contributed by atoms with van der Waals surface area (Å²) in [6.45, 7) is -0.226. The molecule has 2 atom stereocenters. The molecule has 0 spiro atoms. The first-order chi connectivity index (χ1) is 13.8. The second-order valence-electron chi connectivity index (χ2n) is 6.80. The number of nitrogens with zero attached hydrogens (tertiary/aromatic N) is 2. The number of nitrogens with one attached hydrogen (secondary N) is 1. The topological polar surface area (TPSA) is 78.8 Å². The smallest absolute Gasteiger partial charge is 0.244 e. The highest BCUT2D eigenvalue weighted by molar-refractivity contribution is 8.15. The van der Waals surface area contributed by atoms with Gasteiger partial charge in [0.15, 0.2) is 15.0 Å². The van der Waals surface area contributed by atoms with Gasteiger partial charge in [-0.3, -0.25) is 9.79 Å². The molecule has 1 fully saturated rings. The maximum Gasteiger partial charge on any atom is 0.244 e. The molecule has 4 rings (SSSR count). The Morgan fingerprint density at radius 2 is 1.86 bits per heavy atom. The van der Waals surface area contributed by atoms with Crippen LogP contribution in [-0.4, -0.2) is 48.8 Å². The van der Waals surface area contributed by atoms with Crippen molar-refractivity contribution < 1.29 is 22.0 Å². The third kappa shape index (κ3) is 4.43. The molecule has 2 aromatic carbocycles. The predicted octanol–water partition coefficient (Wildman–Crippen LogP) is 2.68. The fourth-order valence-corrected chi connectivity index (χ4v) is 7.05. The van der Waals surface area contributed by atoms with Crippen LogP contribution in [0.25, 0.3) is 0 Å². The molecule has 1 amide bonds. The van der Waals surface area contributed by atoms with Gasteiger partial charge < -0.3 is 10.2 Å². The van der Waals surface area contributed by atoms with E-state index in [9.17, 15) is 22.0 Å². The fraction of sp³-hybridized carbons (Fsp3) is 0.263. The summed E-state index contributed by atoms with van der Waals surface area (Å²) in [6.07, 6.45) is 0. The van der Waals surface area contributed by atoms with E-state index >= 15 is 0 Å². The minimum Gasteiger partial charge on any atom is -0.325 e. The number of thioether (sulfide) groups is 1. The first-order valence-electron chi connectivity index (χ1n) is 8.83. The summed E-state index contributed by atoms with van der Waals surface area (Å²) in [4.78, 5) is 18.5. The number of amides is 1. The number of rotatable bonds is 4. The Kier molecular flexibility index (Phi) is 5.30. The first-order valence-corrected chi connectivity index (χ1v) is 11.5. The van der Waals surface area contributed by atoms with E-state index in [4.69, 9.17) is 0 Å². The van der Waals surface area contributed by atoms with Gasteiger partial charge in [0.25, 0.3) is 0 Å². The molecule has 0 bridgehead atoms. The van der Waals surface area contributed by atoms with Crippen LogP contribution in [-0.2, 0) is 14.6 Å². The first kappa shape index (κ1) is 19.8. The van der Waals surface area contributed by atoms with E-state index in [2.05, 4.69) is 10.3 Å². The molecule has 6 nitrogen and oxygen atoms in total. The van der Waals surface area contributed by atoms with Crippen LogP contribution in [0.3, 0.4) is 0 Å². The maximum atomic E-state index is 14.5. The van der Waals surface area contributed by atoms with Gasteiger partial charge in [-0.1, -0.05) is 23.9 Å². The largest absolute Gasteiger partial charge is 0.325 e. The Morgan fingerprint density at radius 3 is 2.55 bits per heavy atom. The molecule has 2 heterocycles. The van der Waals surface area contributed by atoms with E-state index in [0.717, 1.165) is 0 Å². The minimum atomic E-state index is -3.13. The molecule has 1 saturated heterocycles. The van der Waals surface area contributed by atoms with Crippen molar-refractivity contribution in [2.75, 3.05) is 28.3 Å². The summed E-state index contributed by atoms with van der Waals surface area (Å²) in [5.41, 5.74) is 0.588. The quantitative estimate of drug-likeness (QED) is 0.796. The van der Waals surface area contributed by atoms with Crippen LogP contribution in [0.5, 0.6) is 0 Å². The van der Waals surface area contributed by atoms with Crippen molar-refractivity contribution in [3.63, 3.8) is 0 Å². The number of carbonyl (C=O) groups is 1. The lowest BCUT2D eigenvalue weighted by Crippen LogP contribution is -2.37. The highest BCUT2D eigenvalue weighted by Gasteiger charge is 2.44. The van der Waals surface area contributed by atoms with E-state index in [1.54, 1.807) is 12.1 Å². The lowest BCUT2D eigenvalue weighted by molar-refractivity contribution is -0.114. The van der Waals surface area contributed by atoms with E-state index in [-0.39, 0.29) is 29.0 Å². The zero-order chi connectivity index (χ0) is 20.6. The van der Waals surface area contributed by atoms with Crippen LogP contribution >= 0.6 is 11.8 Å². The molecule has 2 aliphatic heterocycles. The number of para-hydroxylation sites is 1. The van der Waals surface area contributed by atoms with Gasteiger partial charge in [-0.25, -0.2) is 17.2 Å². The van der Waals surface area contributed by atoms with E-state index in [1.807, 2.05) is 0 Å². The van der Waals surface area contributed by atoms with Crippen molar-refractivity contribution >= 4 is 44.0 Å². The Bertz CT molecular complexity index is 1070. The van der Waals surface area contributed by atoms with Gasteiger partial charge in [0.1, 0.15) is 18.2 Å². The van der Waals surface area contributed by atoms with Gasteiger partial charge in [-0.15, -0.1) is 0 Å². The summed E-state index contributed by atoms with van der Waals surface area (Å²) in [7, 11) is -3.13. The number of sulfone groups is 1. The number of anilines is 2. The molecule has 2 aliphatic rings. The predicted molar refractivity (Wildman–Crippen MR) is 110 cm³/mol. The number of halogens is 2. The van der Waals surface area contributed by atoms with Crippen molar-refractivity contribution in [3.8, 4) is 0 Å². The number of benzene rings is 2. The zero-order valence-corrected chi connectivity index (χ0v) is 16.7. The van der Waals surface area contributed by atoms with Crippen LogP contribution in [0.2, 0.25) is 0 Å². The molecule has 1 N–H and O–H groups in total. The van der Waals surface area contributed by atoms with Gasteiger partial charge in [-0.05, 0) is 36.4 Å². The average molecular weight is 437 g/mol. The molecule has 152 valence electrons. The lowest BCUT2D eigenvalue weighted by atomic mass is 10.2. The van der Waals surface area contributed by atoms with Crippen LogP contribution in [0.1, 0.15) is 0 Å². The number of hydrogen-bond donors (Lipinski definition) is 1. The summed E-state index contributed by atoms with van der Waals surface area (Å²) < 4.78 is 51.1. The summed E-state index contributed by atoms with van der Waals surface area (Å²) in [5, 5.41) is 2.83. The molecule has 0 radical (unpaired) electrons. The molecule has 0 aromatic heterocycles. The Balaban J connectivity index is 1.57. The van der Waals surface area contributed by atoms with Gasteiger partial charge in [0.05, 0.1) is 23.2 Å².